The molecule has 0 saturated carbocycles. The van der Waals surface area contributed by atoms with Gasteiger partial charge >= 0.3 is 0 Å². The van der Waals surface area contributed by atoms with E-state index in [0.717, 1.165) is 17.8 Å². The zero-order valence-corrected chi connectivity index (χ0v) is 12.3. The molecule has 0 saturated heterocycles. The summed E-state index contributed by atoms with van der Waals surface area (Å²) in [6.45, 7) is 4.51. The summed E-state index contributed by atoms with van der Waals surface area (Å²) >= 11 is 1.20. The molecule has 0 unspecified atom stereocenters. The summed E-state index contributed by atoms with van der Waals surface area (Å²) in [4.78, 5) is 4.10. The number of hydrogen-bond acceptors (Lipinski definition) is 5. The highest BCUT2D eigenvalue weighted by molar-refractivity contribution is 7.91. The van der Waals surface area contributed by atoms with Gasteiger partial charge in [-0.05, 0) is 33.2 Å². The summed E-state index contributed by atoms with van der Waals surface area (Å²) in [6.07, 6.45) is 1.58. The number of sulfonamides is 1. The summed E-state index contributed by atoms with van der Waals surface area (Å²) in [5.41, 5.74) is 5.90. The van der Waals surface area contributed by atoms with Crippen molar-refractivity contribution >= 4 is 33.8 Å². The van der Waals surface area contributed by atoms with Gasteiger partial charge in [-0.3, -0.25) is 0 Å². The van der Waals surface area contributed by atoms with Crippen LogP contribution in [0.2, 0.25) is 0 Å². The lowest BCUT2D eigenvalue weighted by atomic mass is 10.3. The second-order valence-electron chi connectivity index (χ2n) is 3.50. The average Bonchev–Trinajstić information content (AvgIpc) is 2.53. The first-order chi connectivity index (χ1) is 7.47. The first-order valence-corrected chi connectivity index (χ1v) is 7.41. The molecule has 100 valence electrons. The fourth-order valence-corrected chi connectivity index (χ4v) is 3.90. The first-order valence-electron chi connectivity index (χ1n) is 5.11. The SMILES string of the molecule is Cc1nc(C)c(S(=O)(=O)NCCCCN)s1.Cl. The Morgan fingerprint density at radius 2 is 2.00 bits per heavy atom. The van der Waals surface area contributed by atoms with E-state index in [2.05, 4.69) is 9.71 Å². The van der Waals surface area contributed by atoms with E-state index in [1.165, 1.54) is 11.3 Å². The highest BCUT2D eigenvalue weighted by Gasteiger charge is 2.19. The fraction of sp³-hybridized carbons (Fsp3) is 0.667. The van der Waals surface area contributed by atoms with Crippen molar-refractivity contribution in [2.75, 3.05) is 13.1 Å². The third-order valence-corrected chi connectivity index (χ3v) is 5.17. The third kappa shape index (κ3) is 4.89. The van der Waals surface area contributed by atoms with Crippen LogP contribution in [0.4, 0.5) is 0 Å². The van der Waals surface area contributed by atoms with Gasteiger partial charge in [0.1, 0.15) is 0 Å². The largest absolute Gasteiger partial charge is 0.330 e. The maximum Gasteiger partial charge on any atom is 0.251 e. The topological polar surface area (TPSA) is 85.1 Å². The van der Waals surface area contributed by atoms with Crippen LogP contribution < -0.4 is 10.5 Å². The van der Waals surface area contributed by atoms with Crippen LogP contribution in [0.25, 0.3) is 0 Å². The Balaban J connectivity index is 0.00000256. The Labute approximate surface area is 112 Å². The van der Waals surface area contributed by atoms with E-state index in [0.29, 0.717) is 23.0 Å². The van der Waals surface area contributed by atoms with Gasteiger partial charge in [-0.15, -0.1) is 23.7 Å². The molecule has 5 nitrogen and oxygen atoms in total. The second-order valence-corrected chi connectivity index (χ2v) is 6.66. The minimum absolute atomic E-state index is 0. The van der Waals surface area contributed by atoms with Crippen molar-refractivity contribution in [3.63, 3.8) is 0 Å². The molecule has 0 amide bonds. The standard InChI is InChI=1S/C9H17N3O2S2.ClH/c1-7-9(15-8(2)12-7)16(13,14)11-6-4-3-5-10;/h11H,3-6,10H2,1-2H3;1H. The van der Waals surface area contributed by atoms with Crippen molar-refractivity contribution in [3.8, 4) is 0 Å². The summed E-state index contributed by atoms with van der Waals surface area (Å²) in [6, 6.07) is 0. The molecule has 0 aromatic carbocycles. The molecule has 0 atom stereocenters. The van der Waals surface area contributed by atoms with Crippen molar-refractivity contribution < 1.29 is 8.42 Å². The van der Waals surface area contributed by atoms with Crippen LogP contribution in [0.5, 0.6) is 0 Å². The molecule has 1 aromatic heterocycles. The van der Waals surface area contributed by atoms with Gasteiger partial charge in [-0.2, -0.15) is 0 Å². The van der Waals surface area contributed by atoms with Crippen LogP contribution >= 0.6 is 23.7 Å². The summed E-state index contributed by atoms with van der Waals surface area (Å²) < 4.78 is 26.6. The molecule has 0 bridgehead atoms. The van der Waals surface area contributed by atoms with Crippen LogP contribution in [0.15, 0.2) is 4.21 Å². The molecule has 1 aromatic rings. The maximum atomic E-state index is 11.9. The van der Waals surface area contributed by atoms with Crippen molar-refractivity contribution in [2.24, 2.45) is 5.73 Å². The molecule has 0 aliphatic rings. The number of nitrogens with zero attached hydrogens (tertiary/aromatic N) is 1. The van der Waals surface area contributed by atoms with Gasteiger partial charge in [0.15, 0.2) is 4.21 Å². The minimum atomic E-state index is -3.39. The quantitative estimate of drug-likeness (QED) is 0.773. The van der Waals surface area contributed by atoms with E-state index in [-0.39, 0.29) is 12.4 Å². The van der Waals surface area contributed by atoms with Gasteiger partial charge < -0.3 is 5.73 Å². The van der Waals surface area contributed by atoms with E-state index in [1.54, 1.807) is 13.8 Å². The lowest BCUT2D eigenvalue weighted by Gasteiger charge is -2.04. The number of nitrogens with one attached hydrogen (secondary N) is 1. The summed E-state index contributed by atoms with van der Waals surface area (Å²) in [7, 11) is -3.39. The molecule has 1 heterocycles. The minimum Gasteiger partial charge on any atom is -0.330 e. The van der Waals surface area contributed by atoms with Crippen LogP contribution in [0.1, 0.15) is 23.5 Å². The maximum absolute atomic E-state index is 11.9. The molecule has 0 spiro atoms. The molecular formula is C9H18ClN3O2S2. The van der Waals surface area contributed by atoms with Gasteiger partial charge in [0.25, 0.3) is 10.0 Å². The number of hydrogen-bond donors (Lipinski definition) is 2. The molecule has 3 N–H and O–H groups in total. The number of rotatable bonds is 6. The zero-order valence-electron chi connectivity index (χ0n) is 9.89. The van der Waals surface area contributed by atoms with Crippen LogP contribution in [0, 0.1) is 13.8 Å². The van der Waals surface area contributed by atoms with E-state index in [1.807, 2.05) is 0 Å². The first kappa shape index (κ1) is 16.8. The normalized spacial score (nSPS) is 11.2. The van der Waals surface area contributed by atoms with Gasteiger partial charge in [-0.1, -0.05) is 0 Å². The Bertz CT molecular complexity index is 445. The lowest BCUT2D eigenvalue weighted by Crippen LogP contribution is -2.25. The Morgan fingerprint density at radius 1 is 1.35 bits per heavy atom. The Morgan fingerprint density at radius 3 is 2.47 bits per heavy atom. The van der Waals surface area contributed by atoms with Gasteiger partial charge in [0.05, 0.1) is 10.7 Å². The number of halogens is 1. The molecule has 0 radical (unpaired) electrons. The second kappa shape index (κ2) is 7.27. The van der Waals surface area contributed by atoms with E-state index < -0.39 is 10.0 Å². The smallest absolute Gasteiger partial charge is 0.251 e. The average molecular weight is 300 g/mol. The van der Waals surface area contributed by atoms with Crippen molar-refractivity contribution in [1.82, 2.24) is 9.71 Å². The van der Waals surface area contributed by atoms with E-state index >= 15 is 0 Å². The highest BCUT2D eigenvalue weighted by Crippen LogP contribution is 2.22. The lowest BCUT2D eigenvalue weighted by molar-refractivity contribution is 0.578. The molecule has 0 aliphatic heterocycles. The van der Waals surface area contributed by atoms with E-state index in [9.17, 15) is 8.42 Å². The predicted molar refractivity (Wildman–Crippen MR) is 72.3 cm³/mol. The molecule has 1 rings (SSSR count). The molecular weight excluding hydrogens is 282 g/mol. The van der Waals surface area contributed by atoms with Gasteiger partial charge in [0.2, 0.25) is 0 Å². The van der Waals surface area contributed by atoms with Crippen molar-refractivity contribution in [1.29, 1.82) is 0 Å². The summed E-state index contributed by atoms with van der Waals surface area (Å²) in [5, 5.41) is 0.764. The van der Waals surface area contributed by atoms with Crippen LogP contribution in [0.3, 0.4) is 0 Å². The third-order valence-electron chi connectivity index (χ3n) is 2.03. The molecule has 17 heavy (non-hydrogen) atoms. The number of nitrogens with two attached hydrogens (primary N) is 1. The Hall–Kier alpha value is -0.210. The number of unbranched alkanes of at least 4 members (excludes halogenated alkanes) is 1. The van der Waals surface area contributed by atoms with Gasteiger partial charge in [0, 0.05) is 6.54 Å². The monoisotopic (exact) mass is 299 g/mol. The van der Waals surface area contributed by atoms with Crippen molar-refractivity contribution in [3.05, 3.63) is 10.7 Å². The zero-order chi connectivity index (χ0) is 12.2. The summed E-state index contributed by atoms with van der Waals surface area (Å²) in [5.74, 6) is 0. The number of aryl methyl sites for hydroxylation is 2. The number of aromatic nitrogens is 1. The highest BCUT2D eigenvalue weighted by atomic mass is 35.5. The molecule has 0 fully saturated rings. The Kier molecular flexibility index (Phi) is 7.18. The number of thiazole rings is 1. The van der Waals surface area contributed by atoms with Crippen LogP contribution in [-0.2, 0) is 10.0 Å². The molecule has 8 heteroatoms. The molecule has 0 aliphatic carbocycles. The van der Waals surface area contributed by atoms with Crippen LogP contribution in [-0.4, -0.2) is 26.5 Å². The van der Waals surface area contributed by atoms with E-state index in [4.69, 9.17) is 5.73 Å². The van der Waals surface area contributed by atoms with Gasteiger partial charge in [-0.25, -0.2) is 18.1 Å². The van der Waals surface area contributed by atoms with Crippen molar-refractivity contribution in [2.45, 2.75) is 30.9 Å². The predicted octanol–water partition coefficient (Wildman–Crippen LogP) is 1.20. The fourth-order valence-electron chi connectivity index (χ4n) is 1.30.